The number of hydrogen-bond donors (Lipinski definition) is 1. The summed E-state index contributed by atoms with van der Waals surface area (Å²) in [6, 6.07) is 14.8. The highest BCUT2D eigenvalue weighted by molar-refractivity contribution is 6.03. The van der Waals surface area contributed by atoms with Crippen LogP contribution in [0.4, 0.5) is 5.82 Å². The second kappa shape index (κ2) is 6.36. The summed E-state index contributed by atoms with van der Waals surface area (Å²) < 4.78 is 1.52. The second-order valence-electron chi connectivity index (χ2n) is 6.08. The Bertz CT molecular complexity index is 993. The monoisotopic (exact) mass is 331 g/mol. The van der Waals surface area contributed by atoms with Crippen molar-refractivity contribution < 1.29 is 4.79 Å². The summed E-state index contributed by atoms with van der Waals surface area (Å²) in [6.07, 6.45) is 6.44. The molecule has 0 saturated heterocycles. The van der Waals surface area contributed by atoms with Crippen LogP contribution in [0, 0.1) is 0 Å². The number of hydrogen-bond acceptors (Lipinski definition) is 3. The molecule has 5 heteroatoms. The Hall–Kier alpha value is -3.21. The average Bonchev–Trinajstić information content (AvgIpc) is 3.12. The molecule has 0 radical (unpaired) electrons. The third kappa shape index (κ3) is 2.96. The van der Waals surface area contributed by atoms with Crippen LogP contribution in [0.3, 0.4) is 0 Å². The molecule has 0 saturated carbocycles. The van der Waals surface area contributed by atoms with E-state index in [1.165, 1.54) is 21.9 Å². The van der Waals surface area contributed by atoms with Crippen molar-refractivity contribution in [2.24, 2.45) is 0 Å². The van der Waals surface area contributed by atoms with Gasteiger partial charge in [-0.2, -0.15) is 0 Å². The van der Waals surface area contributed by atoms with E-state index in [0.29, 0.717) is 5.56 Å². The van der Waals surface area contributed by atoms with Crippen LogP contribution in [0.5, 0.6) is 0 Å². The van der Waals surface area contributed by atoms with Gasteiger partial charge in [0.15, 0.2) is 5.82 Å². The number of rotatable bonds is 3. The molecule has 25 heavy (non-hydrogen) atoms. The molecule has 0 atom stereocenters. The summed E-state index contributed by atoms with van der Waals surface area (Å²) in [4.78, 5) is 29.0. The van der Waals surface area contributed by atoms with Crippen molar-refractivity contribution in [3.05, 3.63) is 88.0 Å². The Labute approximate surface area is 145 Å². The Morgan fingerprint density at radius 3 is 2.68 bits per heavy atom. The van der Waals surface area contributed by atoms with Crippen molar-refractivity contribution >= 4 is 11.7 Å². The maximum Gasteiger partial charge on any atom is 0.298 e. The molecule has 1 N–H and O–H groups in total. The molecular weight excluding hydrogens is 314 g/mol. The molecule has 5 nitrogen and oxygen atoms in total. The molecule has 0 unspecified atom stereocenters. The van der Waals surface area contributed by atoms with Crippen LogP contribution in [0.2, 0.25) is 0 Å². The zero-order valence-electron chi connectivity index (χ0n) is 13.6. The highest BCUT2D eigenvalue weighted by atomic mass is 16.2. The molecule has 1 amide bonds. The molecule has 0 spiro atoms. The van der Waals surface area contributed by atoms with Crippen LogP contribution in [0.15, 0.2) is 65.7 Å². The minimum atomic E-state index is -0.350. The molecule has 1 heterocycles. The predicted octanol–water partition coefficient (Wildman–Crippen LogP) is 2.97. The van der Waals surface area contributed by atoms with Gasteiger partial charge in [0.05, 0.1) is 0 Å². The Balaban J connectivity index is 1.67. The molecule has 1 aromatic heterocycles. The number of fused-ring (bicyclic) bond motifs is 1. The maximum atomic E-state index is 12.7. The number of benzene rings is 2. The molecule has 0 aliphatic heterocycles. The molecule has 124 valence electrons. The van der Waals surface area contributed by atoms with E-state index in [0.717, 1.165) is 24.9 Å². The Morgan fingerprint density at radius 1 is 1.04 bits per heavy atom. The van der Waals surface area contributed by atoms with E-state index in [1.807, 2.05) is 18.2 Å². The highest BCUT2D eigenvalue weighted by Crippen LogP contribution is 2.23. The van der Waals surface area contributed by atoms with Crippen molar-refractivity contribution in [2.45, 2.75) is 19.3 Å². The summed E-state index contributed by atoms with van der Waals surface area (Å²) in [5, 5.41) is 2.61. The smallest absolute Gasteiger partial charge is 0.298 e. The van der Waals surface area contributed by atoms with Crippen LogP contribution < -0.4 is 10.9 Å². The fourth-order valence-electron chi connectivity index (χ4n) is 3.18. The lowest BCUT2D eigenvalue weighted by atomic mass is 10.1. The fraction of sp³-hybridized carbons (Fsp3) is 0.150. The zero-order valence-corrected chi connectivity index (χ0v) is 13.6. The Morgan fingerprint density at radius 2 is 1.84 bits per heavy atom. The first kappa shape index (κ1) is 15.3. The third-order valence-corrected chi connectivity index (χ3v) is 4.47. The summed E-state index contributed by atoms with van der Waals surface area (Å²) in [5.74, 6) is -0.325. The maximum absolute atomic E-state index is 12.7. The number of nitrogens with one attached hydrogen (secondary N) is 1. The molecular formula is C20H17N3O2. The molecule has 2 aromatic carbocycles. The van der Waals surface area contributed by atoms with Gasteiger partial charge in [-0.1, -0.05) is 24.3 Å². The van der Waals surface area contributed by atoms with E-state index < -0.39 is 0 Å². The first-order valence-corrected chi connectivity index (χ1v) is 8.28. The van der Waals surface area contributed by atoms with E-state index in [1.54, 1.807) is 30.5 Å². The van der Waals surface area contributed by atoms with Crippen LogP contribution in [-0.4, -0.2) is 15.5 Å². The van der Waals surface area contributed by atoms with Gasteiger partial charge in [0, 0.05) is 23.6 Å². The first-order chi connectivity index (χ1) is 12.2. The van der Waals surface area contributed by atoms with Gasteiger partial charge >= 0.3 is 0 Å². The second-order valence-corrected chi connectivity index (χ2v) is 6.08. The minimum Gasteiger partial charge on any atom is -0.302 e. The SMILES string of the molecule is O=C(Nc1nccn(-c2ccc3c(c2)CCC3)c1=O)c1ccccc1. The summed E-state index contributed by atoms with van der Waals surface area (Å²) in [6.45, 7) is 0. The largest absolute Gasteiger partial charge is 0.302 e. The van der Waals surface area contributed by atoms with Crippen LogP contribution in [0.1, 0.15) is 27.9 Å². The van der Waals surface area contributed by atoms with Crippen molar-refractivity contribution in [1.29, 1.82) is 0 Å². The topological polar surface area (TPSA) is 64.0 Å². The standard InChI is InChI=1S/C20H17N3O2/c24-19(15-5-2-1-3-6-15)22-18-20(25)23(12-11-21-18)17-10-9-14-7-4-8-16(14)13-17/h1-3,5-6,9-13H,4,7-8H2,(H,21,22,24). The highest BCUT2D eigenvalue weighted by Gasteiger charge is 2.14. The van der Waals surface area contributed by atoms with Crippen molar-refractivity contribution in [3.8, 4) is 5.69 Å². The van der Waals surface area contributed by atoms with Gasteiger partial charge in [0.25, 0.3) is 11.5 Å². The number of nitrogens with zero attached hydrogens (tertiary/aromatic N) is 2. The lowest BCUT2D eigenvalue weighted by molar-refractivity contribution is 0.102. The summed E-state index contributed by atoms with van der Waals surface area (Å²) in [7, 11) is 0. The Kier molecular flexibility index (Phi) is 3.90. The van der Waals surface area contributed by atoms with E-state index in [4.69, 9.17) is 0 Å². The van der Waals surface area contributed by atoms with Crippen molar-refractivity contribution in [2.75, 3.05) is 5.32 Å². The molecule has 1 aliphatic carbocycles. The van der Waals surface area contributed by atoms with Gasteiger partial charge in [0.2, 0.25) is 0 Å². The van der Waals surface area contributed by atoms with Gasteiger partial charge in [-0.3, -0.25) is 14.2 Å². The van der Waals surface area contributed by atoms with Crippen molar-refractivity contribution in [3.63, 3.8) is 0 Å². The summed E-state index contributed by atoms with van der Waals surface area (Å²) >= 11 is 0. The summed E-state index contributed by atoms with van der Waals surface area (Å²) in [5.41, 5.74) is 3.57. The average molecular weight is 331 g/mol. The van der Waals surface area contributed by atoms with E-state index in [9.17, 15) is 9.59 Å². The van der Waals surface area contributed by atoms with E-state index >= 15 is 0 Å². The van der Waals surface area contributed by atoms with Gasteiger partial charge in [-0.05, 0) is 54.7 Å². The molecule has 0 fully saturated rings. The van der Waals surface area contributed by atoms with Gasteiger partial charge in [0.1, 0.15) is 0 Å². The number of amides is 1. The predicted molar refractivity (Wildman–Crippen MR) is 96.3 cm³/mol. The van der Waals surface area contributed by atoms with Gasteiger partial charge in [-0.25, -0.2) is 4.98 Å². The molecule has 0 bridgehead atoms. The van der Waals surface area contributed by atoms with Crippen molar-refractivity contribution in [1.82, 2.24) is 9.55 Å². The van der Waals surface area contributed by atoms with E-state index in [-0.39, 0.29) is 17.3 Å². The lowest BCUT2D eigenvalue weighted by Crippen LogP contribution is -2.26. The van der Waals surface area contributed by atoms with E-state index in [2.05, 4.69) is 16.4 Å². The minimum absolute atomic E-state index is 0.0249. The molecule has 1 aliphatic rings. The number of carbonyl (C=O) groups excluding carboxylic acids is 1. The number of aromatic nitrogens is 2. The number of aryl methyl sites for hydroxylation is 2. The number of carbonyl (C=O) groups is 1. The quantitative estimate of drug-likeness (QED) is 0.802. The van der Waals surface area contributed by atoms with Crippen LogP contribution >= 0.6 is 0 Å². The normalized spacial score (nSPS) is 12.6. The van der Waals surface area contributed by atoms with Gasteiger partial charge < -0.3 is 5.32 Å². The zero-order chi connectivity index (χ0) is 17.2. The molecule has 4 rings (SSSR count). The van der Waals surface area contributed by atoms with Crippen LogP contribution in [-0.2, 0) is 12.8 Å². The molecule has 3 aromatic rings. The van der Waals surface area contributed by atoms with Gasteiger partial charge in [-0.15, -0.1) is 0 Å². The number of anilines is 1. The lowest BCUT2D eigenvalue weighted by Gasteiger charge is -2.10. The third-order valence-electron chi connectivity index (χ3n) is 4.47. The van der Waals surface area contributed by atoms with Crippen LogP contribution in [0.25, 0.3) is 5.69 Å². The first-order valence-electron chi connectivity index (χ1n) is 8.28. The fourth-order valence-corrected chi connectivity index (χ4v) is 3.18.